The summed E-state index contributed by atoms with van der Waals surface area (Å²) in [5.41, 5.74) is 1.72. The lowest BCUT2D eigenvalue weighted by atomic mass is 10.3. The van der Waals surface area contributed by atoms with Crippen molar-refractivity contribution < 1.29 is 0 Å². The molecule has 1 aromatic rings. The molecule has 0 atom stereocenters. The lowest BCUT2D eigenvalue weighted by molar-refractivity contribution is 0.514. The number of nitrogens with one attached hydrogen (secondary N) is 1. The third kappa shape index (κ3) is 2.15. The number of aryl methyl sites for hydroxylation is 1. The minimum atomic E-state index is 0.418. The van der Waals surface area contributed by atoms with E-state index in [-0.39, 0.29) is 0 Å². The fraction of sp³-hybridized carbons (Fsp3) is 0.727. The Kier molecular flexibility index (Phi) is 2.59. The van der Waals surface area contributed by atoms with Crippen LogP contribution >= 0.6 is 0 Å². The highest BCUT2D eigenvalue weighted by Crippen LogP contribution is 2.34. The molecule has 0 unspecified atom stereocenters. The van der Waals surface area contributed by atoms with Gasteiger partial charge in [-0.15, -0.1) is 0 Å². The Bertz CT molecular complexity index is 299. The van der Waals surface area contributed by atoms with Crippen LogP contribution in [0.3, 0.4) is 0 Å². The van der Waals surface area contributed by atoms with E-state index in [1.54, 1.807) is 0 Å². The molecule has 1 aliphatic rings. The SMILES string of the molecule is CCCn1cncc1CNC1(C)CC1. The maximum atomic E-state index is 4.18. The largest absolute Gasteiger partial charge is 0.333 e. The number of hydrogen-bond donors (Lipinski definition) is 1. The van der Waals surface area contributed by atoms with Crippen LogP contribution in [-0.4, -0.2) is 15.1 Å². The van der Waals surface area contributed by atoms with Crippen LogP contribution in [0.5, 0.6) is 0 Å². The van der Waals surface area contributed by atoms with Gasteiger partial charge in [-0.05, 0) is 26.2 Å². The van der Waals surface area contributed by atoms with E-state index in [1.165, 1.54) is 25.0 Å². The van der Waals surface area contributed by atoms with Gasteiger partial charge in [0.05, 0.1) is 12.0 Å². The summed E-state index contributed by atoms with van der Waals surface area (Å²) in [6, 6.07) is 0. The van der Waals surface area contributed by atoms with E-state index in [0.717, 1.165) is 13.1 Å². The van der Waals surface area contributed by atoms with Crippen LogP contribution in [0.2, 0.25) is 0 Å². The molecule has 78 valence electrons. The number of imidazole rings is 1. The van der Waals surface area contributed by atoms with Crippen LogP contribution in [-0.2, 0) is 13.1 Å². The fourth-order valence-electron chi connectivity index (χ4n) is 1.61. The molecule has 1 aliphatic carbocycles. The summed E-state index contributed by atoms with van der Waals surface area (Å²) < 4.78 is 2.23. The quantitative estimate of drug-likeness (QED) is 0.774. The first-order valence-corrected chi connectivity index (χ1v) is 5.47. The predicted octanol–water partition coefficient (Wildman–Crippen LogP) is 1.94. The first-order chi connectivity index (χ1) is 6.73. The first-order valence-electron chi connectivity index (χ1n) is 5.47. The summed E-state index contributed by atoms with van der Waals surface area (Å²) in [6.07, 6.45) is 7.69. The van der Waals surface area contributed by atoms with E-state index < -0.39 is 0 Å². The minimum Gasteiger partial charge on any atom is -0.333 e. The molecule has 3 nitrogen and oxygen atoms in total. The second kappa shape index (κ2) is 3.73. The Morgan fingerprint density at radius 3 is 3.00 bits per heavy atom. The molecule has 0 spiro atoms. The van der Waals surface area contributed by atoms with Crippen LogP contribution in [0, 0.1) is 0 Å². The highest BCUT2D eigenvalue weighted by atomic mass is 15.1. The Morgan fingerprint density at radius 2 is 2.36 bits per heavy atom. The summed E-state index contributed by atoms with van der Waals surface area (Å²) >= 11 is 0. The first kappa shape index (κ1) is 9.71. The molecule has 3 heteroatoms. The molecule has 0 amide bonds. The van der Waals surface area contributed by atoms with Gasteiger partial charge in [0.25, 0.3) is 0 Å². The maximum Gasteiger partial charge on any atom is 0.0948 e. The van der Waals surface area contributed by atoms with Crippen molar-refractivity contribution in [1.29, 1.82) is 0 Å². The highest BCUT2D eigenvalue weighted by molar-refractivity contribution is 5.03. The monoisotopic (exact) mass is 193 g/mol. The molecule has 0 saturated heterocycles. The lowest BCUT2D eigenvalue weighted by Gasteiger charge is -2.12. The van der Waals surface area contributed by atoms with Gasteiger partial charge in [-0.1, -0.05) is 6.92 Å². The molecule has 1 fully saturated rings. The van der Waals surface area contributed by atoms with Crippen LogP contribution < -0.4 is 5.32 Å². The molecular weight excluding hydrogens is 174 g/mol. The van der Waals surface area contributed by atoms with Gasteiger partial charge in [0.15, 0.2) is 0 Å². The highest BCUT2D eigenvalue weighted by Gasteiger charge is 2.36. The zero-order valence-corrected chi connectivity index (χ0v) is 9.08. The van der Waals surface area contributed by atoms with Gasteiger partial charge in [0.2, 0.25) is 0 Å². The molecule has 0 radical (unpaired) electrons. The molecule has 14 heavy (non-hydrogen) atoms. The van der Waals surface area contributed by atoms with Crippen molar-refractivity contribution >= 4 is 0 Å². The van der Waals surface area contributed by atoms with E-state index in [9.17, 15) is 0 Å². The molecular formula is C11H19N3. The number of aromatic nitrogens is 2. The van der Waals surface area contributed by atoms with E-state index in [0.29, 0.717) is 5.54 Å². The molecule has 1 N–H and O–H groups in total. The summed E-state index contributed by atoms with van der Waals surface area (Å²) in [5, 5.41) is 3.57. The molecule has 0 aromatic carbocycles. The zero-order valence-electron chi connectivity index (χ0n) is 9.08. The van der Waals surface area contributed by atoms with Crippen molar-refractivity contribution in [2.45, 2.75) is 51.7 Å². The van der Waals surface area contributed by atoms with Crippen LogP contribution in [0.15, 0.2) is 12.5 Å². The van der Waals surface area contributed by atoms with Crippen molar-refractivity contribution in [3.63, 3.8) is 0 Å². The number of rotatable bonds is 5. The van der Waals surface area contributed by atoms with E-state index in [1.807, 2.05) is 12.5 Å². The van der Waals surface area contributed by atoms with Crippen molar-refractivity contribution in [3.05, 3.63) is 18.2 Å². The third-order valence-corrected chi connectivity index (χ3v) is 2.96. The van der Waals surface area contributed by atoms with E-state index >= 15 is 0 Å². The van der Waals surface area contributed by atoms with Gasteiger partial charge in [0.1, 0.15) is 0 Å². The fourth-order valence-corrected chi connectivity index (χ4v) is 1.61. The van der Waals surface area contributed by atoms with Crippen molar-refractivity contribution in [2.24, 2.45) is 0 Å². The van der Waals surface area contributed by atoms with Gasteiger partial charge < -0.3 is 9.88 Å². The molecule has 0 aliphatic heterocycles. The van der Waals surface area contributed by atoms with Crippen LogP contribution in [0.1, 0.15) is 38.8 Å². The molecule has 2 rings (SSSR count). The average molecular weight is 193 g/mol. The summed E-state index contributed by atoms with van der Waals surface area (Å²) in [6.45, 7) is 6.51. The normalized spacial score (nSPS) is 18.4. The molecule has 0 bridgehead atoms. The number of hydrogen-bond acceptors (Lipinski definition) is 2. The van der Waals surface area contributed by atoms with Crippen molar-refractivity contribution in [3.8, 4) is 0 Å². The van der Waals surface area contributed by atoms with Crippen molar-refractivity contribution in [2.75, 3.05) is 0 Å². The topological polar surface area (TPSA) is 29.9 Å². The minimum absolute atomic E-state index is 0.418. The number of nitrogens with zero attached hydrogens (tertiary/aromatic N) is 2. The smallest absolute Gasteiger partial charge is 0.0948 e. The van der Waals surface area contributed by atoms with Gasteiger partial charge in [-0.3, -0.25) is 0 Å². The van der Waals surface area contributed by atoms with Gasteiger partial charge >= 0.3 is 0 Å². The third-order valence-electron chi connectivity index (χ3n) is 2.96. The summed E-state index contributed by atoms with van der Waals surface area (Å²) in [5.74, 6) is 0. The van der Waals surface area contributed by atoms with Gasteiger partial charge in [0, 0.05) is 24.8 Å². The van der Waals surface area contributed by atoms with Gasteiger partial charge in [-0.25, -0.2) is 4.98 Å². The van der Waals surface area contributed by atoms with E-state index in [2.05, 4.69) is 28.7 Å². The molecule has 1 heterocycles. The Labute approximate surface area is 85.5 Å². The molecule has 1 saturated carbocycles. The van der Waals surface area contributed by atoms with E-state index in [4.69, 9.17) is 0 Å². The maximum absolute atomic E-state index is 4.18. The Balaban J connectivity index is 1.91. The Morgan fingerprint density at radius 1 is 1.57 bits per heavy atom. The lowest BCUT2D eigenvalue weighted by Crippen LogP contribution is -2.28. The second-order valence-corrected chi connectivity index (χ2v) is 4.49. The average Bonchev–Trinajstić information content (AvgIpc) is 2.75. The predicted molar refractivity (Wildman–Crippen MR) is 57.0 cm³/mol. The standard InChI is InChI=1S/C11H19N3/c1-3-6-14-9-12-7-10(14)8-13-11(2)4-5-11/h7,9,13H,3-6,8H2,1-2H3. The van der Waals surface area contributed by atoms with Crippen molar-refractivity contribution in [1.82, 2.24) is 14.9 Å². The molecule has 1 aromatic heterocycles. The van der Waals surface area contributed by atoms with Gasteiger partial charge in [-0.2, -0.15) is 0 Å². The zero-order chi connectivity index (χ0) is 10.0. The van der Waals surface area contributed by atoms with Crippen LogP contribution in [0.4, 0.5) is 0 Å². The second-order valence-electron chi connectivity index (χ2n) is 4.49. The Hall–Kier alpha value is -0.830. The van der Waals surface area contributed by atoms with Crippen LogP contribution in [0.25, 0.3) is 0 Å². The summed E-state index contributed by atoms with van der Waals surface area (Å²) in [7, 11) is 0. The summed E-state index contributed by atoms with van der Waals surface area (Å²) in [4.78, 5) is 4.18.